The predicted octanol–water partition coefficient (Wildman–Crippen LogP) is 1.18. The van der Waals surface area contributed by atoms with E-state index in [1.54, 1.807) is 23.4 Å². The molecule has 2 aromatic rings. The summed E-state index contributed by atoms with van der Waals surface area (Å²) in [5.74, 6) is 0.796. The quantitative estimate of drug-likeness (QED) is 0.840. The van der Waals surface area contributed by atoms with Crippen LogP contribution in [0.2, 0.25) is 0 Å². The van der Waals surface area contributed by atoms with Crippen LogP contribution in [0.15, 0.2) is 43.0 Å². The van der Waals surface area contributed by atoms with Crippen LogP contribution in [0.1, 0.15) is 16.9 Å². The van der Waals surface area contributed by atoms with Gasteiger partial charge in [-0.15, -0.1) is 0 Å². The lowest BCUT2D eigenvalue weighted by molar-refractivity contribution is -0.122. The van der Waals surface area contributed by atoms with E-state index in [1.165, 1.54) is 6.33 Å². The van der Waals surface area contributed by atoms with Crippen molar-refractivity contribution >= 4 is 5.91 Å². The summed E-state index contributed by atoms with van der Waals surface area (Å²) in [6.07, 6.45) is 5.60. The van der Waals surface area contributed by atoms with Crippen LogP contribution < -0.4 is 4.74 Å². The second kappa shape index (κ2) is 6.16. The molecule has 2 aliphatic heterocycles. The lowest BCUT2D eigenvalue weighted by Crippen LogP contribution is -2.66. The van der Waals surface area contributed by atoms with Gasteiger partial charge in [-0.2, -0.15) is 0 Å². The molecule has 0 bridgehead atoms. The van der Waals surface area contributed by atoms with Crippen molar-refractivity contribution in [1.82, 2.24) is 19.9 Å². The fourth-order valence-corrected chi connectivity index (χ4v) is 3.31. The molecule has 0 aliphatic carbocycles. The molecule has 24 heavy (non-hydrogen) atoms. The van der Waals surface area contributed by atoms with Gasteiger partial charge in [0, 0.05) is 31.0 Å². The third kappa shape index (κ3) is 2.71. The number of nitrogens with zero attached hydrogens (tertiary/aromatic N) is 4. The summed E-state index contributed by atoms with van der Waals surface area (Å²) in [6, 6.07) is 7.23. The van der Waals surface area contributed by atoms with Crippen molar-refractivity contribution in [2.24, 2.45) is 5.92 Å². The number of hydrogen-bond donors (Lipinski definition) is 0. The SMILES string of the molecule is O=C(c1ccncn1)N1CC2(C1)OCC[C@H]2COc1ccccn1. The van der Waals surface area contributed by atoms with Gasteiger partial charge in [-0.25, -0.2) is 15.0 Å². The van der Waals surface area contributed by atoms with E-state index in [0.29, 0.717) is 37.9 Å². The molecule has 2 aromatic heterocycles. The van der Waals surface area contributed by atoms with Crippen molar-refractivity contribution in [3.8, 4) is 5.88 Å². The van der Waals surface area contributed by atoms with Gasteiger partial charge in [0.25, 0.3) is 5.91 Å². The average Bonchev–Trinajstić information content (AvgIpc) is 3.04. The van der Waals surface area contributed by atoms with Crippen LogP contribution in [0.3, 0.4) is 0 Å². The van der Waals surface area contributed by atoms with Gasteiger partial charge in [0.15, 0.2) is 0 Å². The van der Waals surface area contributed by atoms with Gasteiger partial charge in [0.05, 0.1) is 19.7 Å². The normalized spacial score (nSPS) is 21.5. The Morgan fingerprint density at radius 2 is 2.21 bits per heavy atom. The zero-order chi connectivity index (χ0) is 16.4. The summed E-state index contributed by atoms with van der Waals surface area (Å²) in [6.45, 7) is 2.40. The Morgan fingerprint density at radius 1 is 1.29 bits per heavy atom. The number of carbonyl (C=O) groups is 1. The monoisotopic (exact) mass is 326 g/mol. The summed E-state index contributed by atoms with van der Waals surface area (Å²) >= 11 is 0. The maximum absolute atomic E-state index is 12.4. The van der Waals surface area contributed by atoms with E-state index >= 15 is 0 Å². The van der Waals surface area contributed by atoms with Crippen LogP contribution in [0.5, 0.6) is 5.88 Å². The van der Waals surface area contributed by atoms with Gasteiger partial charge in [0.1, 0.15) is 17.6 Å². The van der Waals surface area contributed by atoms with Gasteiger partial charge >= 0.3 is 0 Å². The molecule has 2 saturated heterocycles. The summed E-state index contributed by atoms with van der Waals surface area (Å²) in [5, 5.41) is 0. The first-order valence-corrected chi connectivity index (χ1v) is 8.00. The third-order valence-electron chi connectivity index (χ3n) is 4.68. The standard InChI is InChI=1S/C17H18N4O3/c22-16(14-4-7-18-12-20-14)21-10-17(11-21)13(5-8-24-17)9-23-15-3-1-2-6-19-15/h1-4,6-7,12-13H,5,8-11H2/t13-/m0/s1. The second-order valence-electron chi connectivity index (χ2n) is 6.13. The first-order valence-electron chi connectivity index (χ1n) is 8.00. The largest absolute Gasteiger partial charge is 0.477 e. The zero-order valence-corrected chi connectivity index (χ0v) is 13.2. The Morgan fingerprint density at radius 3 is 2.96 bits per heavy atom. The van der Waals surface area contributed by atoms with E-state index in [4.69, 9.17) is 9.47 Å². The highest BCUT2D eigenvalue weighted by atomic mass is 16.5. The summed E-state index contributed by atoms with van der Waals surface area (Å²) in [4.78, 5) is 26.2. The third-order valence-corrected chi connectivity index (χ3v) is 4.68. The molecule has 0 radical (unpaired) electrons. The molecule has 1 amide bonds. The Balaban J connectivity index is 1.37. The smallest absolute Gasteiger partial charge is 0.272 e. The van der Waals surface area contributed by atoms with Crippen molar-refractivity contribution in [2.45, 2.75) is 12.0 Å². The molecule has 0 N–H and O–H groups in total. The maximum atomic E-state index is 12.4. The highest BCUT2D eigenvalue weighted by Crippen LogP contribution is 2.40. The van der Waals surface area contributed by atoms with Crippen molar-refractivity contribution in [2.75, 3.05) is 26.3 Å². The Hall–Kier alpha value is -2.54. The lowest BCUT2D eigenvalue weighted by Gasteiger charge is -2.49. The molecule has 7 nitrogen and oxygen atoms in total. The highest BCUT2D eigenvalue weighted by molar-refractivity contribution is 5.92. The van der Waals surface area contributed by atoms with E-state index in [0.717, 1.165) is 6.42 Å². The number of likely N-dealkylation sites (tertiary alicyclic amines) is 1. The molecular formula is C17H18N4O3. The number of ether oxygens (including phenoxy) is 2. The fraction of sp³-hybridized carbons (Fsp3) is 0.412. The minimum Gasteiger partial charge on any atom is -0.477 e. The van der Waals surface area contributed by atoms with Crippen LogP contribution in [0.25, 0.3) is 0 Å². The fourth-order valence-electron chi connectivity index (χ4n) is 3.31. The molecule has 0 aromatic carbocycles. The molecule has 4 heterocycles. The van der Waals surface area contributed by atoms with E-state index in [9.17, 15) is 4.79 Å². The van der Waals surface area contributed by atoms with E-state index in [2.05, 4.69) is 15.0 Å². The molecule has 4 rings (SSSR count). The molecule has 0 unspecified atom stereocenters. The Bertz CT molecular complexity index is 704. The van der Waals surface area contributed by atoms with Crippen molar-refractivity contribution in [3.05, 3.63) is 48.7 Å². The molecule has 1 atom stereocenters. The minimum absolute atomic E-state index is 0.0806. The number of aromatic nitrogens is 3. The number of hydrogen-bond acceptors (Lipinski definition) is 6. The molecule has 124 valence electrons. The molecular weight excluding hydrogens is 308 g/mol. The van der Waals surface area contributed by atoms with Crippen LogP contribution in [0, 0.1) is 5.92 Å². The molecule has 2 fully saturated rings. The number of rotatable bonds is 4. The Kier molecular flexibility index (Phi) is 3.86. The number of amides is 1. The number of pyridine rings is 1. The molecule has 2 aliphatic rings. The van der Waals surface area contributed by atoms with Crippen LogP contribution in [-0.4, -0.2) is 57.7 Å². The summed E-state index contributed by atoms with van der Waals surface area (Å²) in [5.41, 5.74) is 0.122. The van der Waals surface area contributed by atoms with Crippen LogP contribution in [-0.2, 0) is 4.74 Å². The van der Waals surface area contributed by atoms with E-state index < -0.39 is 0 Å². The second-order valence-corrected chi connectivity index (χ2v) is 6.13. The van der Waals surface area contributed by atoms with Gasteiger partial charge in [0.2, 0.25) is 5.88 Å². The number of carbonyl (C=O) groups excluding carboxylic acids is 1. The molecule has 1 spiro atoms. The topological polar surface area (TPSA) is 77.4 Å². The summed E-state index contributed by atoms with van der Waals surface area (Å²) < 4.78 is 11.8. The lowest BCUT2D eigenvalue weighted by atomic mass is 9.81. The first-order chi connectivity index (χ1) is 11.8. The molecule has 7 heteroatoms. The van der Waals surface area contributed by atoms with Crippen LogP contribution >= 0.6 is 0 Å². The Labute approximate surface area is 139 Å². The zero-order valence-electron chi connectivity index (χ0n) is 13.2. The van der Waals surface area contributed by atoms with E-state index in [1.807, 2.05) is 18.2 Å². The van der Waals surface area contributed by atoms with Crippen molar-refractivity contribution in [1.29, 1.82) is 0 Å². The minimum atomic E-state index is -0.294. The average molecular weight is 326 g/mol. The summed E-state index contributed by atoms with van der Waals surface area (Å²) in [7, 11) is 0. The predicted molar refractivity (Wildman–Crippen MR) is 84.5 cm³/mol. The van der Waals surface area contributed by atoms with Gasteiger partial charge < -0.3 is 14.4 Å². The maximum Gasteiger partial charge on any atom is 0.272 e. The van der Waals surface area contributed by atoms with E-state index in [-0.39, 0.29) is 17.4 Å². The molecule has 0 saturated carbocycles. The van der Waals surface area contributed by atoms with Crippen molar-refractivity contribution < 1.29 is 14.3 Å². The van der Waals surface area contributed by atoms with Gasteiger partial charge in [-0.05, 0) is 18.6 Å². The van der Waals surface area contributed by atoms with Crippen LogP contribution in [0.4, 0.5) is 0 Å². The van der Waals surface area contributed by atoms with Gasteiger partial charge in [-0.1, -0.05) is 6.07 Å². The highest BCUT2D eigenvalue weighted by Gasteiger charge is 2.55. The van der Waals surface area contributed by atoms with Crippen molar-refractivity contribution in [3.63, 3.8) is 0 Å². The van der Waals surface area contributed by atoms with Gasteiger partial charge in [-0.3, -0.25) is 4.79 Å². The first kappa shape index (κ1) is 15.0.